The van der Waals surface area contributed by atoms with Gasteiger partial charge in [-0.25, -0.2) is 0 Å². The normalized spacial score (nSPS) is 10.1. The molecular formula is C12H12N4O3. The van der Waals surface area contributed by atoms with Gasteiger partial charge in [0.2, 0.25) is 5.91 Å². The minimum Gasteiger partial charge on any atom is -0.480 e. The van der Waals surface area contributed by atoms with Crippen LogP contribution >= 0.6 is 0 Å². The maximum atomic E-state index is 11.4. The number of aromatic nitrogens is 2. The second kappa shape index (κ2) is 5.76. The smallest absolute Gasteiger partial charge is 0.322 e. The van der Waals surface area contributed by atoms with Crippen LogP contribution in [0.4, 0.5) is 5.82 Å². The van der Waals surface area contributed by atoms with Gasteiger partial charge < -0.3 is 15.7 Å². The fourth-order valence-electron chi connectivity index (χ4n) is 1.56. The number of carbonyl (C=O) groups excluding carboxylic acids is 1. The van der Waals surface area contributed by atoms with Gasteiger partial charge in [0, 0.05) is 10.8 Å². The number of carboxylic acid groups (broad SMARTS) is 1. The van der Waals surface area contributed by atoms with Crippen molar-refractivity contribution in [3.05, 3.63) is 30.5 Å². The molecule has 1 amide bonds. The van der Waals surface area contributed by atoms with E-state index in [1.807, 2.05) is 24.3 Å². The molecule has 0 spiro atoms. The first-order valence-corrected chi connectivity index (χ1v) is 5.59. The molecule has 98 valence electrons. The second-order valence-corrected chi connectivity index (χ2v) is 3.80. The molecule has 0 atom stereocenters. The Bertz CT molecular complexity index is 609. The summed E-state index contributed by atoms with van der Waals surface area (Å²) in [5.41, 5.74) is 0. The number of hydrogen-bond donors (Lipinski definition) is 3. The lowest BCUT2D eigenvalue weighted by Crippen LogP contribution is -2.34. The van der Waals surface area contributed by atoms with Crippen molar-refractivity contribution in [2.24, 2.45) is 0 Å². The van der Waals surface area contributed by atoms with Crippen LogP contribution in [0.25, 0.3) is 10.8 Å². The lowest BCUT2D eigenvalue weighted by molar-refractivity contribution is -0.137. The van der Waals surface area contributed by atoms with Crippen LogP contribution in [0.5, 0.6) is 0 Å². The highest BCUT2D eigenvalue weighted by Gasteiger charge is 2.06. The fraction of sp³-hybridized carbons (Fsp3) is 0.167. The summed E-state index contributed by atoms with van der Waals surface area (Å²) in [7, 11) is 0. The third kappa shape index (κ3) is 3.38. The lowest BCUT2D eigenvalue weighted by Gasteiger charge is -2.07. The van der Waals surface area contributed by atoms with Gasteiger partial charge in [0.15, 0.2) is 5.82 Å². The SMILES string of the molecule is O=C(O)CNC(=O)CNc1nncc2ccccc12. The Morgan fingerprint density at radius 3 is 2.79 bits per heavy atom. The van der Waals surface area contributed by atoms with Gasteiger partial charge in [-0.1, -0.05) is 24.3 Å². The van der Waals surface area contributed by atoms with Gasteiger partial charge in [0.1, 0.15) is 6.54 Å². The quantitative estimate of drug-likeness (QED) is 0.711. The predicted molar refractivity (Wildman–Crippen MR) is 68.7 cm³/mol. The van der Waals surface area contributed by atoms with Crippen molar-refractivity contribution >= 4 is 28.5 Å². The number of benzene rings is 1. The minimum absolute atomic E-state index is 0.0596. The van der Waals surface area contributed by atoms with Crippen LogP contribution < -0.4 is 10.6 Å². The molecular weight excluding hydrogens is 248 g/mol. The van der Waals surface area contributed by atoms with Crippen molar-refractivity contribution in [3.8, 4) is 0 Å². The molecule has 0 aliphatic rings. The van der Waals surface area contributed by atoms with Crippen LogP contribution in [-0.2, 0) is 9.59 Å². The lowest BCUT2D eigenvalue weighted by atomic mass is 10.2. The van der Waals surface area contributed by atoms with Gasteiger partial charge in [-0.3, -0.25) is 9.59 Å². The van der Waals surface area contributed by atoms with Crippen molar-refractivity contribution < 1.29 is 14.7 Å². The monoisotopic (exact) mass is 260 g/mol. The topological polar surface area (TPSA) is 104 Å². The molecule has 0 radical (unpaired) electrons. The number of carboxylic acids is 1. The van der Waals surface area contributed by atoms with Gasteiger partial charge in [0.05, 0.1) is 12.7 Å². The molecule has 2 rings (SSSR count). The maximum Gasteiger partial charge on any atom is 0.322 e. The summed E-state index contributed by atoms with van der Waals surface area (Å²) < 4.78 is 0. The van der Waals surface area contributed by atoms with Crippen molar-refractivity contribution in [1.82, 2.24) is 15.5 Å². The number of anilines is 1. The van der Waals surface area contributed by atoms with E-state index in [0.717, 1.165) is 10.8 Å². The number of nitrogens with one attached hydrogen (secondary N) is 2. The van der Waals surface area contributed by atoms with Crippen LogP contribution in [-0.4, -0.2) is 40.3 Å². The summed E-state index contributed by atoms with van der Waals surface area (Å²) in [6.45, 7) is -0.461. The van der Waals surface area contributed by atoms with Crippen LogP contribution in [0.1, 0.15) is 0 Å². The molecule has 1 aromatic carbocycles. The summed E-state index contributed by atoms with van der Waals surface area (Å²) in [5.74, 6) is -1.01. The number of amides is 1. The molecule has 0 unspecified atom stereocenters. The largest absolute Gasteiger partial charge is 0.480 e. The zero-order valence-corrected chi connectivity index (χ0v) is 9.96. The van der Waals surface area contributed by atoms with Crippen molar-refractivity contribution in [2.75, 3.05) is 18.4 Å². The van der Waals surface area contributed by atoms with Gasteiger partial charge in [0.25, 0.3) is 0 Å². The van der Waals surface area contributed by atoms with E-state index < -0.39 is 18.4 Å². The highest BCUT2D eigenvalue weighted by Crippen LogP contribution is 2.18. The first-order chi connectivity index (χ1) is 9.16. The molecule has 0 aliphatic heterocycles. The zero-order valence-electron chi connectivity index (χ0n) is 9.96. The number of carbonyl (C=O) groups is 2. The second-order valence-electron chi connectivity index (χ2n) is 3.80. The number of fused-ring (bicyclic) bond motifs is 1. The van der Waals surface area contributed by atoms with E-state index >= 15 is 0 Å². The van der Waals surface area contributed by atoms with Crippen LogP contribution in [0.15, 0.2) is 30.5 Å². The summed E-state index contributed by atoms with van der Waals surface area (Å²) in [6.07, 6.45) is 1.63. The van der Waals surface area contributed by atoms with E-state index in [-0.39, 0.29) is 6.54 Å². The average Bonchev–Trinajstić information content (AvgIpc) is 2.42. The van der Waals surface area contributed by atoms with Crippen LogP contribution in [0.2, 0.25) is 0 Å². The number of nitrogens with zero attached hydrogens (tertiary/aromatic N) is 2. The number of aliphatic carboxylic acids is 1. The third-order valence-electron chi connectivity index (χ3n) is 2.42. The van der Waals surface area contributed by atoms with Crippen molar-refractivity contribution in [2.45, 2.75) is 0 Å². The Kier molecular flexibility index (Phi) is 3.87. The van der Waals surface area contributed by atoms with E-state index in [0.29, 0.717) is 5.82 Å². The molecule has 0 fully saturated rings. The Labute approximate surface area is 108 Å². The van der Waals surface area contributed by atoms with E-state index in [4.69, 9.17) is 5.11 Å². The Balaban J connectivity index is 2.02. The van der Waals surface area contributed by atoms with E-state index in [1.165, 1.54) is 0 Å². The highest BCUT2D eigenvalue weighted by molar-refractivity contribution is 5.92. The number of rotatable bonds is 5. The Morgan fingerprint density at radius 2 is 2.00 bits per heavy atom. The molecule has 7 nitrogen and oxygen atoms in total. The molecule has 1 heterocycles. The molecule has 0 saturated carbocycles. The third-order valence-corrected chi connectivity index (χ3v) is 2.42. The summed E-state index contributed by atoms with van der Waals surface area (Å²) >= 11 is 0. The number of hydrogen-bond acceptors (Lipinski definition) is 5. The molecule has 0 bridgehead atoms. The molecule has 2 aromatic rings. The molecule has 3 N–H and O–H groups in total. The van der Waals surface area contributed by atoms with Gasteiger partial charge in [-0.05, 0) is 0 Å². The molecule has 0 saturated heterocycles. The molecule has 1 aromatic heterocycles. The van der Waals surface area contributed by atoms with E-state index in [2.05, 4.69) is 20.8 Å². The van der Waals surface area contributed by atoms with Gasteiger partial charge in [-0.2, -0.15) is 5.10 Å². The molecule has 0 aliphatic carbocycles. The van der Waals surface area contributed by atoms with Crippen LogP contribution in [0, 0.1) is 0 Å². The first kappa shape index (κ1) is 12.7. The highest BCUT2D eigenvalue weighted by atomic mass is 16.4. The zero-order chi connectivity index (χ0) is 13.7. The predicted octanol–water partition coefficient (Wildman–Crippen LogP) is 0.242. The van der Waals surface area contributed by atoms with E-state index in [1.54, 1.807) is 6.20 Å². The fourth-order valence-corrected chi connectivity index (χ4v) is 1.56. The first-order valence-electron chi connectivity index (χ1n) is 5.59. The maximum absolute atomic E-state index is 11.4. The summed E-state index contributed by atoms with van der Waals surface area (Å²) in [6, 6.07) is 7.49. The summed E-state index contributed by atoms with van der Waals surface area (Å²) in [5, 5.41) is 23.0. The molecule has 7 heteroatoms. The Hall–Kier alpha value is -2.70. The molecule has 19 heavy (non-hydrogen) atoms. The van der Waals surface area contributed by atoms with Crippen molar-refractivity contribution in [3.63, 3.8) is 0 Å². The Morgan fingerprint density at radius 1 is 1.21 bits per heavy atom. The van der Waals surface area contributed by atoms with E-state index in [9.17, 15) is 9.59 Å². The minimum atomic E-state index is -1.08. The van der Waals surface area contributed by atoms with Crippen LogP contribution in [0.3, 0.4) is 0 Å². The van der Waals surface area contributed by atoms with Gasteiger partial charge >= 0.3 is 5.97 Å². The standard InChI is InChI=1S/C12H12N4O3/c17-10(13-7-11(18)19)6-14-12-9-4-2-1-3-8(9)5-15-16-12/h1-5H,6-7H2,(H,13,17)(H,14,16)(H,18,19). The van der Waals surface area contributed by atoms with Crippen molar-refractivity contribution in [1.29, 1.82) is 0 Å². The summed E-state index contributed by atoms with van der Waals surface area (Å²) in [4.78, 5) is 21.7. The van der Waals surface area contributed by atoms with Gasteiger partial charge in [-0.15, -0.1) is 5.10 Å². The average molecular weight is 260 g/mol.